The van der Waals surface area contributed by atoms with Crippen molar-refractivity contribution in [2.24, 2.45) is 0 Å². The molecule has 1 N–H and O–H groups in total. The lowest BCUT2D eigenvalue weighted by Crippen LogP contribution is -2.13. The predicted molar refractivity (Wildman–Crippen MR) is 89.3 cm³/mol. The summed E-state index contributed by atoms with van der Waals surface area (Å²) in [4.78, 5) is 12.3. The Morgan fingerprint density at radius 3 is 2.29 bits per heavy atom. The summed E-state index contributed by atoms with van der Waals surface area (Å²) < 4.78 is 12.0. The van der Waals surface area contributed by atoms with E-state index in [2.05, 4.69) is 37.2 Å². The third-order valence-electron chi connectivity index (χ3n) is 2.84. The van der Waals surface area contributed by atoms with Gasteiger partial charge in [-0.15, -0.1) is 0 Å². The van der Waals surface area contributed by atoms with Gasteiger partial charge in [-0.05, 0) is 44.0 Å². The minimum Gasteiger partial charge on any atom is -0.495 e. The first-order chi connectivity index (χ1) is 10.1. The topological polar surface area (TPSA) is 47.6 Å². The average Bonchev–Trinajstić information content (AvgIpc) is 2.48. The lowest BCUT2D eigenvalue weighted by Gasteiger charge is -2.13. The first-order valence-electron chi connectivity index (χ1n) is 6.04. The van der Waals surface area contributed by atoms with Crippen molar-refractivity contribution in [2.45, 2.75) is 0 Å². The van der Waals surface area contributed by atoms with Crippen LogP contribution in [0.2, 0.25) is 0 Å². The van der Waals surface area contributed by atoms with Crippen molar-refractivity contribution in [1.82, 2.24) is 0 Å². The van der Waals surface area contributed by atoms with Crippen LogP contribution in [-0.2, 0) is 0 Å². The Bertz CT molecular complexity index is 674. The highest BCUT2D eigenvalue weighted by molar-refractivity contribution is 9.10. The van der Waals surface area contributed by atoms with Crippen LogP contribution in [0.1, 0.15) is 10.4 Å². The fourth-order valence-electron chi connectivity index (χ4n) is 1.79. The molecule has 1 amide bonds. The number of rotatable bonds is 4. The predicted octanol–water partition coefficient (Wildman–Crippen LogP) is 4.48. The lowest BCUT2D eigenvalue weighted by atomic mass is 10.2. The zero-order chi connectivity index (χ0) is 15.4. The summed E-state index contributed by atoms with van der Waals surface area (Å²) in [5.74, 6) is 0.923. The van der Waals surface area contributed by atoms with Crippen molar-refractivity contribution >= 4 is 43.5 Å². The van der Waals surface area contributed by atoms with E-state index in [1.165, 1.54) is 0 Å². The summed E-state index contributed by atoms with van der Waals surface area (Å²) in [6.07, 6.45) is 0. The summed E-state index contributed by atoms with van der Waals surface area (Å²) >= 11 is 6.74. The molecule has 0 bridgehead atoms. The van der Waals surface area contributed by atoms with E-state index >= 15 is 0 Å². The second-order valence-corrected chi connectivity index (χ2v) is 5.83. The number of anilines is 1. The highest BCUT2D eigenvalue weighted by Gasteiger charge is 2.15. The van der Waals surface area contributed by atoms with Crippen molar-refractivity contribution in [1.29, 1.82) is 0 Å². The van der Waals surface area contributed by atoms with E-state index in [1.54, 1.807) is 38.5 Å². The molecule has 0 fully saturated rings. The fraction of sp³-hybridized carbons (Fsp3) is 0.133. The van der Waals surface area contributed by atoms with Crippen LogP contribution in [-0.4, -0.2) is 20.1 Å². The Morgan fingerprint density at radius 2 is 1.67 bits per heavy atom. The molecule has 0 radical (unpaired) electrons. The van der Waals surface area contributed by atoms with Crippen molar-refractivity contribution in [3.63, 3.8) is 0 Å². The third-order valence-corrected chi connectivity index (χ3v) is 4.15. The molecule has 4 nitrogen and oxygen atoms in total. The van der Waals surface area contributed by atoms with Gasteiger partial charge < -0.3 is 14.8 Å². The number of benzene rings is 2. The molecule has 2 aromatic rings. The van der Waals surface area contributed by atoms with E-state index in [-0.39, 0.29) is 5.91 Å². The van der Waals surface area contributed by atoms with Crippen LogP contribution < -0.4 is 14.8 Å². The van der Waals surface area contributed by atoms with E-state index in [9.17, 15) is 4.79 Å². The maximum Gasteiger partial charge on any atom is 0.256 e. The quantitative estimate of drug-likeness (QED) is 0.802. The van der Waals surface area contributed by atoms with Crippen LogP contribution in [0.15, 0.2) is 45.3 Å². The molecule has 0 saturated carbocycles. The molecule has 0 saturated heterocycles. The number of halogens is 2. The smallest absolute Gasteiger partial charge is 0.256 e. The van der Waals surface area contributed by atoms with E-state index in [4.69, 9.17) is 9.47 Å². The molecule has 0 atom stereocenters. The SMILES string of the molecule is COc1cc(NC(=O)c2ccccc2Br)c(OC)cc1Br. The van der Waals surface area contributed by atoms with Crippen LogP contribution in [0.4, 0.5) is 5.69 Å². The van der Waals surface area contributed by atoms with E-state index in [1.807, 2.05) is 12.1 Å². The molecule has 110 valence electrons. The van der Waals surface area contributed by atoms with Crippen molar-refractivity contribution in [2.75, 3.05) is 19.5 Å². The fourth-order valence-corrected chi connectivity index (χ4v) is 2.74. The maximum absolute atomic E-state index is 12.3. The molecule has 0 unspecified atom stereocenters. The van der Waals surface area contributed by atoms with Gasteiger partial charge in [0.25, 0.3) is 5.91 Å². The summed E-state index contributed by atoms with van der Waals surface area (Å²) in [5, 5.41) is 2.83. The van der Waals surface area contributed by atoms with Gasteiger partial charge in [-0.2, -0.15) is 0 Å². The third kappa shape index (κ3) is 3.57. The number of nitrogens with one attached hydrogen (secondary N) is 1. The molecule has 0 aliphatic heterocycles. The Morgan fingerprint density at radius 1 is 1.00 bits per heavy atom. The molecule has 0 spiro atoms. The van der Waals surface area contributed by atoms with Gasteiger partial charge in [0.05, 0.1) is 29.9 Å². The Kier molecular flexibility index (Phi) is 5.25. The van der Waals surface area contributed by atoms with E-state index in [0.29, 0.717) is 22.7 Å². The van der Waals surface area contributed by atoms with Crippen LogP contribution >= 0.6 is 31.9 Å². The molecule has 2 aromatic carbocycles. The number of hydrogen-bond donors (Lipinski definition) is 1. The van der Waals surface area contributed by atoms with Gasteiger partial charge >= 0.3 is 0 Å². The highest BCUT2D eigenvalue weighted by Crippen LogP contribution is 2.36. The summed E-state index contributed by atoms with van der Waals surface area (Å²) in [5.41, 5.74) is 1.08. The molecule has 6 heteroatoms. The first kappa shape index (κ1) is 15.9. The second-order valence-electron chi connectivity index (χ2n) is 4.12. The van der Waals surface area contributed by atoms with Crippen LogP contribution in [0, 0.1) is 0 Å². The summed E-state index contributed by atoms with van der Waals surface area (Å²) in [7, 11) is 3.11. The minimum atomic E-state index is -0.231. The number of hydrogen-bond acceptors (Lipinski definition) is 3. The van der Waals surface area contributed by atoms with Gasteiger partial charge in [0.15, 0.2) is 0 Å². The Balaban J connectivity index is 2.35. The van der Waals surface area contributed by atoms with Crippen molar-refractivity contribution in [3.05, 3.63) is 50.9 Å². The van der Waals surface area contributed by atoms with Crippen molar-refractivity contribution < 1.29 is 14.3 Å². The number of methoxy groups -OCH3 is 2. The molecule has 2 rings (SSSR count). The molecular weight excluding hydrogens is 402 g/mol. The van der Waals surface area contributed by atoms with E-state index in [0.717, 1.165) is 8.95 Å². The molecule has 0 aliphatic carbocycles. The second kappa shape index (κ2) is 6.95. The molecule has 21 heavy (non-hydrogen) atoms. The average molecular weight is 415 g/mol. The Hall–Kier alpha value is -1.53. The standard InChI is InChI=1S/C15H13Br2NO3/c1-20-13-8-12(14(21-2)7-11(13)17)18-15(19)9-5-3-4-6-10(9)16/h3-8H,1-2H3,(H,18,19). The molecule has 0 aliphatic rings. The van der Waals surface area contributed by atoms with Gasteiger partial charge in [0.1, 0.15) is 11.5 Å². The minimum absolute atomic E-state index is 0.231. The normalized spacial score (nSPS) is 10.1. The summed E-state index contributed by atoms with van der Waals surface area (Å²) in [6, 6.07) is 10.7. The largest absolute Gasteiger partial charge is 0.495 e. The monoisotopic (exact) mass is 413 g/mol. The zero-order valence-electron chi connectivity index (χ0n) is 11.4. The van der Waals surface area contributed by atoms with Gasteiger partial charge in [-0.3, -0.25) is 4.79 Å². The molecule has 0 heterocycles. The van der Waals surface area contributed by atoms with Crippen LogP contribution in [0.3, 0.4) is 0 Å². The zero-order valence-corrected chi connectivity index (χ0v) is 14.6. The molecular formula is C15H13Br2NO3. The number of carbonyl (C=O) groups is 1. The highest BCUT2D eigenvalue weighted by atomic mass is 79.9. The van der Waals surface area contributed by atoms with Gasteiger partial charge in [-0.1, -0.05) is 12.1 Å². The Labute approximate surface area is 139 Å². The first-order valence-corrected chi connectivity index (χ1v) is 7.62. The lowest BCUT2D eigenvalue weighted by molar-refractivity contribution is 0.102. The molecule has 0 aromatic heterocycles. The van der Waals surface area contributed by atoms with Gasteiger partial charge in [0.2, 0.25) is 0 Å². The number of ether oxygens (including phenoxy) is 2. The summed E-state index contributed by atoms with van der Waals surface area (Å²) in [6.45, 7) is 0. The van der Waals surface area contributed by atoms with Crippen LogP contribution in [0.25, 0.3) is 0 Å². The number of amides is 1. The van der Waals surface area contributed by atoms with Crippen LogP contribution in [0.5, 0.6) is 11.5 Å². The van der Waals surface area contributed by atoms with Gasteiger partial charge in [-0.25, -0.2) is 0 Å². The van der Waals surface area contributed by atoms with Gasteiger partial charge in [0, 0.05) is 16.6 Å². The maximum atomic E-state index is 12.3. The number of carbonyl (C=O) groups excluding carboxylic acids is 1. The van der Waals surface area contributed by atoms with E-state index < -0.39 is 0 Å². The van der Waals surface area contributed by atoms with Crippen molar-refractivity contribution in [3.8, 4) is 11.5 Å².